The van der Waals surface area contributed by atoms with Gasteiger partial charge in [0.2, 0.25) is 15.9 Å². The van der Waals surface area contributed by atoms with Gasteiger partial charge in [-0.3, -0.25) is 4.79 Å². The second-order valence-corrected chi connectivity index (χ2v) is 13.4. The monoisotopic (exact) mass is 497 g/mol. The molecule has 2 aliphatic rings. The molecule has 0 spiro atoms. The number of sulfonamides is 1. The van der Waals surface area contributed by atoms with E-state index in [1.807, 2.05) is 24.3 Å². The average Bonchev–Trinajstić information content (AvgIpc) is 2.85. The van der Waals surface area contributed by atoms with Crippen molar-refractivity contribution in [3.05, 3.63) is 48.5 Å². The fourth-order valence-corrected chi connectivity index (χ4v) is 5.90. The first-order valence-corrected chi connectivity index (χ1v) is 14.4. The van der Waals surface area contributed by atoms with Gasteiger partial charge in [-0.15, -0.1) is 0 Å². The molecule has 0 aromatic heterocycles. The molecule has 2 aromatic rings. The maximum atomic E-state index is 12.8. The molecular formula is C28H39N3O3S. The van der Waals surface area contributed by atoms with Gasteiger partial charge in [0, 0.05) is 36.4 Å². The van der Waals surface area contributed by atoms with Crippen LogP contribution in [0.5, 0.6) is 0 Å². The Balaban J connectivity index is 1.28. The van der Waals surface area contributed by atoms with Gasteiger partial charge in [-0.1, -0.05) is 24.3 Å². The van der Waals surface area contributed by atoms with Crippen LogP contribution in [0.4, 0.5) is 11.4 Å². The molecule has 1 amide bonds. The van der Waals surface area contributed by atoms with E-state index in [1.54, 1.807) is 20.8 Å². The van der Waals surface area contributed by atoms with E-state index in [9.17, 15) is 13.2 Å². The predicted octanol–water partition coefficient (Wildman–Crippen LogP) is 5.56. The lowest BCUT2D eigenvalue weighted by atomic mass is 9.86. The van der Waals surface area contributed by atoms with Crippen LogP contribution in [0.3, 0.4) is 0 Å². The smallest absolute Gasteiger partial charge is 0.227 e. The minimum atomic E-state index is -3.37. The Labute approximate surface area is 210 Å². The molecule has 7 heteroatoms. The van der Waals surface area contributed by atoms with Crippen molar-refractivity contribution < 1.29 is 13.2 Å². The van der Waals surface area contributed by atoms with Crippen LogP contribution in [-0.4, -0.2) is 38.2 Å². The van der Waals surface area contributed by atoms with Crippen molar-refractivity contribution in [2.24, 2.45) is 5.92 Å². The van der Waals surface area contributed by atoms with Gasteiger partial charge in [0.1, 0.15) is 0 Å². The molecule has 2 N–H and O–H groups in total. The summed E-state index contributed by atoms with van der Waals surface area (Å²) in [4.78, 5) is 15.3. The lowest BCUT2D eigenvalue weighted by Gasteiger charge is -2.30. The number of piperidine rings is 1. The summed E-state index contributed by atoms with van der Waals surface area (Å²) in [5, 5.41) is 3.05. The van der Waals surface area contributed by atoms with E-state index >= 15 is 0 Å². The first kappa shape index (κ1) is 25.7. The number of rotatable bonds is 6. The minimum Gasteiger partial charge on any atom is -0.372 e. The molecule has 1 saturated heterocycles. The summed E-state index contributed by atoms with van der Waals surface area (Å²) in [6.07, 6.45) is 6.60. The fraction of sp³-hybridized carbons (Fsp3) is 0.536. The summed E-state index contributed by atoms with van der Waals surface area (Å²) in [5.74, 6) is -0.0758. The number of amides is 1. The molecule has 0 unspecified atom stereocenters. The zero-order valence-corrected chi connectivity index (χ0v) is 22.0. The van der Waals surface area contributed by atoms with Gasteiger partial charge in [0.25, 0.3) is 0 Å². The Kier molecular flexibility index (Phi) is 7.86. The van der Waals surface area contributed by atoms with E-state index in [1.165, 1.54) is 30.5 Å². The summed E-state index contributed by atoms with van der Waals surface area (Å²) in [6.45, 7) is 7.38. The number of hydrogen-bond acceptors (Lipinski definition) is 4. The maximum Gasteiger partial charge on any atom is 0.227 e. The second kappa shape index (κ2) is 10.7. The van der Waals surface area contributed by atoms with Gasteiger partial charge in [0.05, 0.1) is 4.75 Å². The highest BCUT2D eigenvalue weighted by Crippen LogP contribution is 2.29. The van der Waals surface area contributed by atoms with Gasteiger partial charge in [-0.25, -0.2) is 13.1 Å². The third kappa shape index (κ3) is 6.44. The Morgan fingerprint density at radius 1 is 0.829 bits per heavy atom. The predicted molar refractivity (Wildman–Crippen MR) is 144 cm³/mol. The summed E-state index contributed by atoms with van der Waals surface area (Å²) in [7, 11) is -3.37. The van der Waals surface area contributed by atoms with Crippen molar-refractivity contribution in [1.29, 1.82) is 0 Å². The summed E-state index contributed by atoms with van der Waals surface area (Å²) in [6, 6.07) is 16.6. The largest absolute Gasteiger partial charge is 0.372 e. The van der Waals surface area contributed by atoms with E-state index in [-0.39, 0.29) is 17.9 Å². The molecule has 35 heavy (non-hydrogen) atoms. The molecule has 1 aliphatic heterocycles. The van der Waals surface area contributed by atoms with Crippen molar-refractivity contribution in [2.75, 3.05) is 23.3 Å². The van der Waals surface area contributed by atoms with Gasteiger partial charge < -0.3 is 10.2 Å². The first-order chi connectivity index (χ1) is 16.6. The summed E-state index contributed by atoms with van der Waals surface area (Å²) >= 11 is 0. The molecule has 1 aliphatic carbocycles. The number of hydrogen-bond donors (Lipinski definition) is 2. The van der Waals surface area contributed by atoms with Crippen molar-refractivity contribution >= 4 is 27.3 Å². The van der Waals surface area contributed by atoms with E-state index in [4.69, 9.17) is 0 Å². The van der Waals surface area contributed by atoms with Crippen LogP contribution >= 0.6 is 0 Å². The lowest BCUT2D eigenvalue weighted by molar-refractivity contribution is -0.120. The van der Waals surface area contributed by atoms with Gasteiger partial charge in [-0.05, 0) is 101 Å². The average molecular weight is 498 g/mol. The lowest BCUT2D eigenvalue weighted by Crippen LogP contribution is -2.46. The highest BCUT2D eigenvalue weighted by atomic mass is 32.2. The Morgan fingerprint density at radius 3 is 1.91 bits per heavy atom. The molecule has 0 radical (unpaired) electrons. The van der Waals surface area contributed by atoms with Crippen LogP contribution in [0.25, 0.3) is 11.1 Å². The number of benzene rings is 2. The van der Waals surface area contributed by atoms with E-state index < -0.39 is 14.8 Å². The minimum absolute atomic E-state index is 0.0146. The van der Waals surface area contributed by atoms with Crippen molar-refractivity contribution in [3.8, 4) is 11.1 Å². The molecule has 2 fully saturated rings. The van der Waals surface area contributed by atoms with Crippen LogP contribution in [-0.2, 0) is 14.8 Å². The number of carbonyl (C=O) groups excluding carboxylic acids is 1. The quantitative estimate of drug-likeness (QED) is 0.548. The normalized spacial score (nSPS) is 21.5. The van der Waals surface area contributed by atoms with Crippen LogP contribution < -0.4 is 14.9 Å². The van der Waals surface area contributed by atoms with Crippen molar-refractivity contribution in [2.45, 2.75) is 76.5 Å². The van der Waals surface area contributed by atoms with Gasteiger partial charge in [0.15, 0.2) is 0 Å². The molecule has 2 aromatic carbocycles. The van der Waals surface area contributed by atoms with Gasteiger partial charge >= 0.3 is 0 Å². The third-order valence-electron chi connectivity index (χ3n) is 7.30. The molecular weight excluding hydrogens is 458 g/mol. The number of nitrogens with one attached hydrogen (secondary N) is 2. The standard InChI is InChI=1S/C28H39N3O3S/c1-28(2,3)35(33,34)30-25-15-9-23(10-16-25)27(32)29-24-13-7-21(8-14-24)22-11-17-26(18-12-22)31-19-5-4-6-20-31/h7-8,11-14,17-18,23,25,30H,4-6,9-10,15-16,19-20H2,1-3H3,(H,29,32). The first-order valence-electron chi connectivity index (χ1n) is 12.9. The Morgan fingerprint density at radius 2 is 1.37 bits per heavy atom. The highest BCUT2D eigenvalue weighted by molar-refractivity contribution is 7.90. The van der Waals surface area contributed by atoms with Gasteiger partial charge in [-0.2, -0.15) is 0 Å². The van der Waals surface area contributed by atoms with Crippen LogP contribution in [0.1, 0.15) is 65.7 Å². The molecule has 4 rings (SSSR count). The maximum absolute atomic E-state index is 12.8. The topological polar surface area (TPSA) is 78.5 Å². The summed E-state index contributed by atoms with van der Waals surface area (Å²) in [5.41, 5.74) is 4.37. The van der Waals surface area contributed by atoms with Crippen LogP contribution in [0.15, 0.2) is 48.5 Å². The molecule has 0 bridgehead atoms. The van der Waals surface area contributed by atoms with Crippen molar-refractivity contribution in [3.63, 3.8) is 0 Å². The third-order valence-corrected chi connectivity index (χ3v) is 9.56. The Hall–Kier alpha value is -2.38. The highest BCUT2D eigenvalue weighted by Gasteiger charge is 2.34. The fourth-order valence-electron chi connectivity index (χ4n) is 4.88. The van der Waals surface area contributed by atoms with Crippen LogP contribution in [0, 0.1) is 5.92 Å². The Bertz CT molecular complexity index is 1090. The molecule has 1 heterocycles. The molecule has 190 valence electrons. The molecule has 1 saturated carbocycles. The number of anilines is 2. The van der Waals surface area contributed by atoms with E-state index in [0.717, 1.165) is 24.3 Å². The molecule has 0 atom stereocenters. The number of nitrogens with zero attached hydrogens (tertiary/aromatic N) is 1. The van der Waals surface area contributed by atoms with E-state index in [2.05, 4.69) is 39.2 Å². The summed E-state index contributed by atoms with van der Waals surface area (Å²) < 4.78 is 26.8. The van der Waals surface area contributed by atoms with Crippen molar-refractivity contribution in [1.82, 2.24) is 4.72 Å². The SMILES string of the molecule is CC(C)(C)S(=O)(=O)NC1CCC(C(=O)Nc2ccc(-c3ccc(N4CCCCC4)cc3)cc2)CC1. The zero-order chi connectivity index (χ0) is 25.1. The van der Waals surface area contributed by atoms with E-state index in [0.29, 0.717) is 25.7 Å². The van der Waals surface area contributed by atoms with Crippen LogP contribution in [0.2, 0.25) is 0 Å². The number of carbonyl (C=O) groups is 1. The second-order valence-electron chi connectivity index (χ2n) is 10.9. The zero-order valence-electron chi connectivity index (χ0n) is 21.2. The molecule has 6 nitrogen and oxygen atoms in total.